The third-order valence-corrected chi connectivity index (χ3v) is 4.45. The fourth-order valence-corrected chi connectivity index (χ4v) is 3.22. The Bertz CT molecular complexity index is 534. The van der Waals surface area contributed by atoms with Crippen LogP contribution in [0.3, 0.4) is 0 Å². The molecule has 1 aliphatic heterocycles. The Balaban J connectivity index is 1.84. The summed E-state index contributed by atoms with van der Waals surface area (Å²) < 4.78 is 0. The first-order valence-corrected chi connectivity index (χ1v) is 8.30. The number of rotatable bonds is 3. The number of hydrogen-bond acceptors (Lipinski definition) is 2. The maximum atomic E-state index is 12.1. The lowest BCUT2D eigenvalue weighted by molar-refractivity contribution is 0.229. The zero-order chi connectivity index (χ0) is 16.2. The minimum absolute atomic E-state index is 0.159. The van der Waals surface area contributed by atoms with Gasteiger partial charge in [0.25, 0.3) is 0 Å². The molecular formula is C16H23Cl2N3O. The van der Waals surface area contributed by atoms with Gasteiger partial charge in [0.05, 0.1) is 0 Å². The van der Waals surface area contributed by atoms with Crippen molar-refractivity contribution >= 4 is 29.2 Å². The lowest BCUT2D eigenvalue weighted by Crippen LogP contribution is -2.43. The zero-order valence-electron chi connectivity index (χ0n) is 13.0. The van der Waals surface area contributed by atoms with Crippen LogP contribution in [0.5, 0.6) is 0 Å². The van der Waals surface area contributed by atoms with Crippen molar-refractivity contribution in [3.63, 3.8) is 0 Å². The van der Waals surface area contributed by atoms with Gasteiger partial charge in [-0.05, 0) is 42.5 Å². The number of halogens is 2. The summed E-state index contributed by atoms with van der Waals surface area (Å²) in [5, 5.41) is 10.5. The third-order valence-electron chi connectivity index (χ3n) is 3.86. The highest BCUT2D eigenvalue weighted by atomic mass is 35.5. The molecule has 2 rings (SSSR count). The maximum Gasteiger partial charge on any atom is 0.315 e. The highest BCUT2D eigenvalue weighted by Crippen LogP contribution is 2.24. The molecule has 0 aliphatic carbocycles. The fourth-order valence-electron chi connectivity index (χ4n) is 2.74. The van der Waals surface area contributed by atoms with Gasteiger partial charge in [0.15, 0.2) is 0 Å². The summed E-state index contributed by atoms with van der Waals surface area (Å²) >= 11 is 12.0. The molecular weight excluding hydrogens is 321 g/mol. The summed E-state index contributed by atoms with van der Waals surface area (Å²) in [4.78, 5) is 12.1. The van der Waals surface area contributed by atoms with Crippen LogP contribution in [0, 0.1) is 5.41 Å². The Kier molecular flexibility index (Phi) is 5.95. The lowest BCUT2D eigenvalue weighted by Gasteiger charge is -2.26. The van der Waals surface area contributed by atoms with Crippen LogP contribution in [0.4, 0.5) is 4.79 Å². The molecule has 1 unspecified atom stereocenters. The molecule has 0 radical (unpaired) electrons. The predicted molar refractivity (Wildman–Crippen MR) is 91.5 cm³/mol. The molecule has 1 heterocycles. The number of carbonyl (C=O) groups is 1. The molecule has 1 aromatic rings. The molecule has 0 aromatic heterocycles. The van der Waals surface area contributed by atoms with E-state index in [1.165, 1.54) is 0 Å². The van der Waals surface area contributed by atoms with Crippen molar-refractivity contribution in [2.45, 2.75) is 39.3 Å². The van der Waals surface area contributed by atoms with E-state index in [9.17, 15) is 4.79 Å². The second-order valence-corrected chi connectivity index (χ2v) is 7.44. The maximum absolute atomic E-state index is 12.1. The molecule has 3 N–H and O–H groups in total. The molecule has 1 aliphatic rings. The van der Waals surface area contributed by atoms with Gasteiger partial charge >= 0.3 is 6.03 Å². The second-order valence-electron chi connectivity index (χ2n) is 6.59. The normalized spacial score (nSPS) is 21.0. The molecule has 4 nitrogen and oxygen atoms in total. The van der Waals surface area contributed by atoms with Crippen LogP contribution in [0.2, 0.25) is 10.0 Å². The summed E-state index contributed by atoms with van der Waals surface area (Å²) in [6, 6.07) is 5.29. The van der Waals surface area contributed by atoms with Crippen LogP contribution in [0.25, 0.3) is 0 Å². The van der Waals surface area contributed by atoms with E-state index in [0.717, 1.165) is 31.5 Å². The first kappa shape index (κ1) is 17.4. The number of nitrogens with one attached hydrogen (secondary N) is 3. The molecule has 0 spiro atoms. The number of amides is 2. The standard InChI is InChI=1S/C16H23Cl2N3O/c1-16(2)8-13(5-6-19-10-16)21-15(22)20-9-11-3-4-12(17)7-14(11)18/h3-4,7,13,19H,5-6,8-10H2,1-2H3,(H2,20,21,22). The number of benzene rings is 1. The van der Waals surface area contributed by atoms with Crippen molar-refractivity contribution in [1.82, 2.24) is 16.0 Å². The molecule has 1 saturated heterocycles. The summed E-state index contributed by atoms with van der Waals surface area (Å²) in [5.74, 6) is 0. The summed E-state index contributed by atoms with van der Waals surface area (Å²) in [6.45, 7) is 6.72. The Hall–Kier alpha value is -0.970. The van der Waals surface area contributed by atoms with Gasteiger partial charge in [-0.15, -0.1) is 0 Å². The van der Waals surface area contributed by atoms with Crippen molar-refractivity contribution in [3.8, 4) is 0 Å². The minimum atomic E-state index is -0.159. The van der Waals surface area contributed by atoms with Gasteiger partial charge in [0, 0.05) is 29.2 Å². The molecule has 22 heavy (non-hydrogen) atoms. The van der Waals surface area contributed by atoms with E-state index < -0.39 is 0 Å². The fraction of sp³-hybridized carbons (Fsp3) is 0.562. The topological polar surface area (TPSA) is 53.2 Å². The molecule has 0 saturated carbocycles. The first-order valence-electron chi connectivity index (χ1n) is 7.55. The number of hydrogen-bond donors (Lipinski definition) is 3. The van der Waals surface area contributed by atoms with E-state index in [1.807, 2.05) is 6.07 Å². The van der Waals surface area contributed by atoms with Crippen molar-refractivity contribution in [1.29, 1.82) is 0 Å². The van der Waals surface area contributed by atoms with Crippen LogP contribution < -0.4 is 16.0 Å². The van der Waals surface area contributed by atoms with Gasteiger partial charge in [-0.1, -0.05) is 43.1 Å². The summed E-state index contributed by atoms with van der Waals surface area (Å²) in [5.41, 5.74) is 1.04. The molecule has 6 heteroatoms. The predicted octanol–water partition coefficient (Wildman–Crippen LogP) is 3.57. The van der Waals surface area contributed by atoms with Gasteiger partial charge in [-0.3, -0.25) is 0 Å². The average molecular weight is 344 g/mol. The molecule has 1 aromatic carbocycles. The van der Waals surface area contributed by atoms with Gasteiger partial charge in [-0.25, -0.2) is 4.79 Å². The van der Waals surface area contributed by atoms with E-state index in [-0.39, 0.29) is 17.5 Å². The summed E-state index contributed by atoms with van der Waals surface area (Å²) in [7, 11) is 0. The number of urea groups is 1. The van der Waals surface area contributed by atoms with Crippen molar-refractivity contribution in [2.75, 3.05) is 13.1 Å². The Morgan fingerprint density at radius 2 is 2.18 bits per heavy atom. The van der Waals surface area contributed by atoms with Gasteiger partial charge in [0.2, 0.25) is 0 Å². The monoisotopic (exact) mass is 343 g/mol. The SMILES string of the molecule is CC1(C)CNCCC(NC(=O)NCc2ccc(Cl)cc2Cl)C1. The third kappa shape index (κ3) is 5.34. The van der Waals surface area contributed by atoms with Crippen LogP contribution in [-0.2, 0) is 6.54 Å². The quantitative estimate of drug-likeness (QED) is 0.785. The largest absolute Gasteiger partial charge is 0.335 e. The van der Waals surface area contributed by atoms with Crippen LogP contribution in [0.15, 0.2) is 18.2 Å². The Morgan fingerprint density at radius 3 is 2.91 bits per heavy atom. The van der Waals surface area contributed by atoms with Gasteiger partial charge in [-0.2, -0.15) is 0 Å². The molecule has 122 valence electrons. The van der Waals surface area contributed by atoms with Crippen LogP contribution >= 0.6 is 23.2 Å². The van der Waals surface area contributed by atoms with Crippen molar-refractivity contribution < 1.29 is 4.79 Å². The average Bonchev–Trinajstić information content (AvgIpc) is 2.58. The van der Waals surface area contributed by atoms with E-state index >= 15 is 0 Å². The molecule has 1 fully saturated rings. The molecule has 1 atom stereocenters. The van der Waals surface area contributed by atoms with Gasteiger partial charge < -0.3 is 16.0 Å². The first-order chi connectivity index (χ1) is 10.4. The van der Waals surface area contributed by atoms with Gasteiger partial charge in [0.1, 0.15) is 0 Å². The minimum Gasteiger partial charge on any atom is -0.335 e. The highest BCUT2D eigenvalue weighted by molar-refractivity contribution is 6.35. The van der Waals surface area contributed by atoms with E-state index in [0.29, 0.717) is 16.6 Å². The van der Waals surface area contributed by atoms with Crippen molar-refractivity contribution in [3.05, 3.63) is 33.8 Å². The van der Waals surface area contributed by atoms with E-state index in [2.05, 4.69) is 29.8 Å². The second kappa shape index (κ2) is 7.53. The Labute approximate surface area is 141 Å². The van der Waals surface area contributed by atoms with Crippen molar-refractivity contribution in [2.24, 2.45) is 5.41 Å². The van der Waals surface area contributed by atoms with E-state index in [1.54, 1.807) is 12.1 Å². The van der Waals surface area contributed by atoms with Crippen LogP contribution in [0.1, 0.15) is 32.3 Å². The smallest absolute Gasteiger partial charge is 0.315 e. The van der Waals surface area contributed by atoms with Crippen LogP contribution in [-0.4, -0.2) is 25.2 Å². The number of carbonyl (C=O) groups excluding carboxylic acids is 1. The zero-order valence-corrected chi connectivity index (χ0v) is 14.5. The molecule has 0 bridgehead atoms. The Morgan fingerprint density at radius 1 is 1.41 bits per heavy atom. The highest BCUT2D eigenvalue weighted by Gasteiger charge is 2.26. The summed E-state index contributed by atoms with van der Waals surface area (Å²) in [6.07, 6.45) is 1.91. The lowest BCUT2D eigenvalue weighted by atomic mass is 9.86. The van der Waals surface area contributed by atoms with E-state index in [4.69, 9.17) is 23.2 Å². The molecule has 2 amide bonds.